The zero-order valence-electron chi connectivity index (χ0n) is 11.5. The molecule has 0 unspecified atom stereocenters. The van der Waals surface area contributed by atoms with Crippen molar-refractivity contribution in [3.63, 3.8) is 0 Å². The molecule has 1 fully saturated rings. The number of hydrogen-bond donors (Lipinski definition) is 2. The number of benzene rings is 1. The number of fused-ring (bicyclic) bond motifs is 3. The molecule has 20 heavy (non-hydrogen) atoms. The van der Waals surface area contributed by atoms with Gasteiger partial charge in [0.1, 0.15) is 0 Å². The zero-order valence-corrected chi connectivity index (χ0v) is 11.5. The highest BCUT2D eigenvalue weighted by Gasteiger charge is 2.30. The Morgan fingerprint density at radius 2 is 2.20 bits per heavy atom. The molecule has 4 heteroatoms. The Kier molecular flexibility index (Phi) is 2.77. The highest BCUT2D eigenvalue weighted by molar-refractivity contribution is 5.87. The van der Waals surface area contributed by atoms with E-state index in [1.165, 1.54) is 22.2 Å². The Balaban J connectivity index is 1.63. The molecule has 1 saturated heterocycles. The number of carbonyl (C=O) groups is 1. The molecule has 0 radical (unpaired) electrons. The largest absolute Gasteiger partial charge is 0.358 e. The van der Waals surface area contributed by atoms with Gasteiger partial charge >= 0.3 is 0 Å². The van der Waals surface area contributed by atoms with Crippen LogP contribution in [0.15, 0.2) is 24.3 Å². The highest BCUT2D eigenvalue weighted by atomic mass is 16.2. The van der Waals surface area contributed by atoms with Crippen molar-refractivity contribution in [2.75, 3.05) is 13.1 Å². The molecule has 1 amide bonds. The molecule has 2 aliphatic heterocycles. The van der Waals surface area contributed by atoms with Gasteiger partial charge in [-0.15, -0.1) is 0 Å². The second kappa shape index (κ2) is 4.63. The number of para-hydroxylation sites is 1. The van der Waals surface area contributed by atoms with Crippen LogP contribution in [0.2, 0.25) is 0 Å². The molecule has 0 aliphatic carbocycles. The maximum Gasteiger partial charge on any atom is 0.240 e. The summed E-state index contributed by atoms with van der Waals surface area (Å²) in [5.41, 5.74) is 3.79. The Hall–Kier alpha value is -1.81. The Bertz CT molecular complexity index is 655. The molecule has 2 aliphatic rings. The van der Waals surface area contributed by atoms with Crippen LogP contribution in [0, 0.1) is 0 Å². The number of carbonyl (C=O) groups excluding carboxylic acids is 1. The molecular formula is C16H19N3O. The van der Waals surface area contributed by atoms with E-state index in [1.54, 1.807) is 0 Å². The predicted octanol–water partition coefficient (Wildman–Crippen LogP) is 1.80. The average molecular weight is 269 g/mol. The monoisotopic (exact) mass is 269 g/mol. The van der Waals surface area contributed by atoms with Gasteiger partial charge in [-0.3, -0.25) is 4.79 Å². The van der Waals surface area contributed by atoms with Gasteiger partial charge in [-0.05, 0) is 25.5 Å². The SMILES string of the molecule is O=C([C@@H]1CCCN1)N1CCc2[nH]c3ccccc3c2C1. The second-order valence-corrected chi connectivity index (χ2v) is 5.79. The molecule has 4 nitrogen and oxygen atoms in total. The van der Waals surface area contributed by atoms with Gasteiger partial charge in [0.05, 0.1) is 6.04 Å². The number of aromatic amines is 1. The molecule has 4 rings (SSSR count). The molecule has 0 saturated carbocycles. The van der Waals surface area contributed by atoms with E-state index in [1.807, 2.05) is 4.90 Å². The minimum atomic E-state index is 0.0433. The molecule has 104 valence electrons. The molecule has 1 aromatic heterocycles. The molecule has 0 spiro atoms. The van der Waals surface area contributed by atoms with Crippen LogP contribution < -0.4 is 5.32 Å². The number of aromatic nitrogens is 1. The molecule has 2 N–H and O–H groups in total. The van der Waals surface area contributed by atoms with Crippen LogP contribution >= 0.6 is 0 Å². The Labute approximate surface area is 118 Å². The molecular weight excluding hydrogens is 250 g/mol. The molecule has 2 aromatic rings. The van der Waals surface area contributed by atoms with Crippen molar-refractivity contribution >= 4 is 16.8 Å². The van der Waals surface area contributed by atoms with Crippen LogP contribution in [0.1, 0.15) is 24.1 Å². The van der Waals surface area contributed by atoms with E-state index in [9.17, 15) is 4.79 Å². The maximum atomic E-state index is 12.5. The number of amides is 1. The predicted molar refractivity (Wildman–Crippen MR) is 78.4 cm³/mol. The summed E-state index contributed by atoms with van der Waals surface area (Å²) >= 11 is 0. The summed E-state index contributed by atoms with van der Waals surface area (Å²) in [6.07, 6.45) is 3.03. The Morgan fingerprint density at radius 1 is 1.30 bits per heavy atom. The van der Waals surface area contributed by atoms with E-state index < -0.39 is 0 Å². The summed E-state index contributed by atoms with van der Waals surface area (Å²) in [4.78, 5) is 18.0. The smallest absolute Gasteiger partial charge is 0.240 e. The fraction of sp³-hybridized carbons (Fsp3) is 0.438. The first kappa shape index (κ1) is 12.0. The zero-order chi connectivity index (χ0) is 13.5. The van der Waals surface area contributed by atoms with E-state index >= 15 is 0 Å². The standard InChI is InChI=1S/C16H19N3O/c20-16(15-6-3-8-17-15)19-9-7-14-12(10-19)11-4-1-2-5-13(11)18-14/h1-2,4-5,15,17-18H,3,6-10H2/t15-/m0/s1. The number of rotatable bonds is 1. The second-order valence-electron chi connectivity index (χ2n) is 5.79. The molecule has 1 aromatic carbocycles. The number of H-pyrrole nitrogens is 1. The van der Waals surface area contributed by atoms with Gasteiger partial charge in [0.15, 0.2) is 0 Å². The van der Waals surface area contributed by atoms with Gasteiger partial charge < -0.3 is 15.2 Å². The van der Waals surface area contributed by atoms with E-state index in [2.05, 4.69) is 34.6 Å². The lowest BCUT2D eigenvalue weighted by Gasteiger charge is -2.29. The van der Waals surface area contributed by atoms with Crippen LogP contribution in [-0.4, -0.2) is 34.9 Å². The summed E-state index contributed by atoms with van der Waals surface area (Å²) in [5.74, 6) is 0.276. The fourth-order valence-corrected chi connectivity index (χ4v) is 3.47. The van der Waals surface area contributed by atoms with E-state index in [0.29, 0.717) is 0 Å². The van der Waals surface area contributed by atoms with Crippen LogP contribution in [-0.2, 0) is 17.8 Å². The van der Waals surface area contributed by atoms with Gasteiger partial charge in [-0.1, -0.05) is 18.2 Å². The minimum Gasteiger partial charge on any atom is -0.358 e. The lowest BCUT2D eigenvalue weighted by molar-refractivity contribution is -0.134. The molecule has 3 heterocycles. The van der Waals surface area contributed by atoms with Crippen molar-refractivity contribution in [3.05, 3.63) is 35.5 Å². The van der Waals surface area contributed by atoms with E-state index in [4.69, 9.17) is 0 Å². The maximum absolute atomic E-state index is 12.5. The van der Waals surface area contributed by atoms with E-state index in [0.717, 1.165) is 38.9 Å². The topological polar surface area (TPSA) is 48.1 Å². The van der Waals surface area contributed by atoms with Gasteiger partial charge in [0.25, 0.3) is 0 Å². The Morgan fingerprint density at radius 3 is 3.05 bits per heavy atom. The van der Waals surface area contributed by atoms with E-state index in [-0.39, 0.29) is 11.9 Å². The number of hydrogen-bond acceptors (Lipinski definition) is 2. The first-order chi connectivity index (χ1) is 9.83. The van der Waals surface area contributed by atoms with Crippen LogP contribution in [0.5, 0.6) is 0 Å². The summed E-state index contributed by atoms with van der Waals surface area (Å²) in [6, 6.07) is 8.41. The first-order valence-electron chi connectivity index (χ1n) is 7.43. The molecule has 0 bridgehead atoms. The van der Waals surface area contributed by atoms with Crippen molar-refractivity contribution in [2.45, 2.75) is 31.8 Å². The van der Waals surface area contributed by atoms with Gasteiger partial charge in [-0.2, -0.15) is 0 Å². The quantitative estimate of drug-likeness (QED) is 0.829. The van der Waals surface area contributed by atoms with Crippen LogP contribution in [0.25, 0.3) is 10.9 Å². The fourth-order valence-electron chi connectivity index (χ4n) is 3.47. The van der Waals surface area contributed by atoms with Crippen molar-refractivity contribution < 1.29 is 4.79 Å². The third-order valence-electron chi connectivity index (χ3n) is 4.55. The van der Waals surface area contributed by atoms with Crippen LogP contribution in [0.4, 0.5) is 0 Å². The lowest BCUT2D eigenvalue weighted by Crippen LogP contribution is -2.45. The summed E-state index contributed by atoms with van der Waals surface area (Å²) in [5, 5.41) is 4.57. The average Bonchev–Trinajstić information content (AvgIpc) is 3.13. The summed E-state index contributed by atoms with van der Waals surface area (Å²) in [7, 11) is 0. The molecule has 1 atom stereocenters. The van der Waals surface area contributed by atoms with Gasteiger partial charge in [-0.25, -0.2) is 0 Å². The van der Waals surface area contributed by atoms with Crippen LogP contribution in [0.3, 0.4) is 0 Å². The first-order valence-corrected chi connectivity index (χ1v) is 7.43. The number of nitrogens with one attached hydrogen (secondary N) is 2. The highest BCUT2D eigenvalue weighted by Crippen LogP contribution is 2.28. The minimum absolute atomic E-state index is 0.0433. The van der Waals surface area contributed by atoms with Crippen molar-refractivity contribution in [1.82, 2.24) is 15.2 Å². The van der Waals surface area contributed by atoms with Crippen molar-refractivity contribution in [1.29, 1.82) is 0 Å². The van der Waals surface area contributed by atoms with Gasteiger partial charge in [0, 0.05) is 41.7 Å². The summed E-state index contributed by atoms with van der Waals surface area (Å²) in [6.45, 7) is 2.55. The number of nitrogens with zero attached hydrogens (tertiary/aromatic N) is 1. The van der Waals surface area contributed by atoms with Crippen molar-refractivity contribution in [3.8, 4) is 0 Å². The third kappa shape index (κ3) is 1.83. The lowest BCUT2D eigenvalue weighted by atomic mass is 10.0. The summed E-state index contributed by atoms with van der Waals surface area (Å²) < 4.78 is 0. The normalized spacial score (nSPS) is 22.2. The third-order valence-corrected chi connectivity index (χ3v) is 4.55. The van der Waals surface area contributed by atoms with Crippen molar-refractivity contribution in [2.24, 2.45) is 0 Å². The van der Waals surface area contributed by atoms with Gasteiger partial charge in [0.2, 0.25) is 5.91 Å².